The van der Waals surface area contributed by atoms with Gasteiger partial charge >= 0.3 is 5.97 Å². The minimum absolute atomic E-state index is 0.108. The fourth-order valence-corrected chi connectivity index (χ4v) is 3.02. The van der Waals surface area contributed by atoms with Crippen LogP contribution in [0.5, 0.6) is 5.75 Å². The lowest BCUT2D eigenvalue weighted by molar-refractivity contribution is -0.155. The lowest BCUT2D eigenvalue weighted by atomic mass is 10.1. The summed E-state index contributed by atoms with van der Waals surface area (Å²) in [4.78, 5) is 28.3. The molecule has 1 aromatic carbocycles. The molecule has 7 nitrogen and oxygen atoms in total. The molecular weight excluding hydrogens is 346 g/mol. The van der Waals surface area contributed by atoms with Crippen molar-refractivity contribution in [3.05, 3.63) is 24.3 Å². The van der Waals surface area contributed by atoms with Crippen LogP contribution in [0.2, 0.25) is 0 Å². The molecule has 0 aliphatic carbocycles. The van der Waals surface area contributed by atoms with E-state index in [0.29, 0.717) is 19.5 Å². The maximum atomic E-state index is 12.5. The molecule has 1 aromatic rings. The number of rotatable bonds is 6. The minimum Gasteiger partial charge on any atom is -0.497 e. The van der Waals surface area contributed by atoms with Gasteiger partial charge in [0, 0.05) is 44.4 Å². The van der Waals surface area contributed by atoms with E-state index < -0.39 is 11.6 Å². The zero-order valence-electron chi connectivity index (χ0n) is 16.7. The average molecular weight is 377 g/mol. The van der Waals surface area contributed by atoms with Gasteiger partial charge in [-0.3, -0.25) is 9.59 Å². The first-order chi connectivity index (χ1) is 12.7. The Morgan fingerprint density at radius 1 is 1.19 bits per heavy atom. The summed E-state index contributed by atoms with van der Waals surface area (Å²) < 4.78 is 10.5. The van der Waals surface area contributed by atoms with Crippen LogP contribution < -0.4 is 15.4 Å². The van der Waals surface area contributed by atoms with E-state index in [-0.39, 0.29) is 18.3 Å². The van der Waals surface area contributed by atoms with Gasteiger partial charge in [0.1, 0.15) is 11.4 Å². The Labute approximate surface area is 161 Å². The van der Waals surface area contributed by atoms with E-state index in [1.807, 2.05) is 45.0 Å². The van der Waals surface area contributed by atoms with Gasteiger partial charge in [-0.15, -0.1) is 0 Å². The zero-order chi connectivity index (χ0) is 20.0. The van der Waals surface area contributed by atoms with Crippen LogP contribution in [-0.2, 0) is 14.3 Å². The van der Waals surface area contributed by atoms with Crippen molar-refractivity contribution < 1.29 is 19.1 Å². The largest absolute Gasteiger partial charge is 0.497 e. The van der Waals surface area contributed by atoms with Crippen LogP contribution in [0.3, 0.4) is 0 Å². The second kappa shape index (κ2) is 9.08. The van der Waals surface area contributed by atoms with E-state index >= 15 is 0 Å². The van der Waals surface area contributed by atoms with Gasteiger partial charge in [-0.05, 0) is 39.3 Å². The highest BCUT2D eigenvalue weighted by Crippen LogP contribution is 2.22. The topological polar surface area (TPSA) is 85.1 Å². The molecule has 1 heterocycles. The molecule has 7 heteroatoms. The van der Waals surface area contributed by atoms with Gasteiger partial charge in [0.25, 0.3) is 0 Å². The Kier molecular flexibility index (Phi) is 7.07. The Bertz CT molecular complexity index is 649. The van der Waals surface area contributed by atoms with Gasteiger partial charge < -0.3 is 25.0 Å². The van der Waals surface area contributed by atoms with E-state index in [0.717, 1.165) is 24.5 Å². The summed E-state index contributed by atoms with van der Waals surface area (Å²) in [6, 6.07) is 7.21. The van der Waals surface area contributed by atoms with Gasteiger partial charge in [-0.1, -0.05) is 6.07 Å². The molecule has 0 aromatic heterocycles. The van der Waals surface area contributed by atoms with Crippen LogP contribution in [0.15, 0.2) is 24.3 Å². The molecule has 1 aliphatic heterocycles. The highest BCUT2D eigenvalue weighted by atomic mass is 16.6. The van der Waals surface area contributed by atoms with Gasteiger partial charge in [0.2, 0.25) is 5.91 Å². The Morgan fingerprint density at radius 3 is 2.44 bits per heavy atom. The van der Waals surface area contributed by atoms with E-state index in [1.165, 1.54) is 0 Å². The number of esters is 1. The monoisotopic (exact) mass is 377 g/mol. The highest BCUT2D eigenvalue weighted by Gasteiger charge is 2.26. The van der Waals surface area contributed by atoms with E-state index in [2.05, 4.69) is 4.90 Å². The van der Waals surface area contributed by atoms with Crippen molar-refractivity contribution in [2.75, 3.05) is 38.2 Å². The second-order valence-corrected chi connectivity index (χ2v) is 7.75. The normalized spacial score (nSPS) is 16.0. The summed E-state index contributed by atoms with van der Waals surface area (Å²) in [5, 5.41) is 0. The number of amides is 1. The molecule has 0 saturated carbocycles. The number of methoxy groups -OCH3 is 1. The predicted octanol–water partition coefficient (Wildman–Crippen LogP) is 1.79. The van der Waals surface area contributed by atoms with Crippen molar-refractivity contribution in [3.8, 4) is 5.75 Å². The number of hydrogen-bond donors (Lipinski definition) is 1. The quantitative estimate of drug-likeness (QED) is 0.761. The van der Waals surface area contributed by atoms with Crippen LogP contribution in [-0.4, -0.2) is 61.7 Å². The Balaban J connectivity index is 1.80. The number of carbonyl (C=O) groups is 2. The van der Waals surface area contributed by atoms with E-state index in [9.17, 15) is 9.59 Å². The summed E-state index contributed by atoms with van der Waals surface area (Å²) >= 11 is 0. The van der Waals surface area contributed by atoms with Crippen molar-refractivity contribution in [3.63, 3.8) is 0 Å². The summed E-state index contributed by atoms with van der Waals surface area (Å²) in [6.07, 6.45) is 0.442. The van der Waals surface area contributed by atoms with Crippen LogP contribution in [0, 0.1) is 0 Å². The van der Waals surface area contributed by atoms with E-state index in [1.54, 1.807) is 12.0 Å². The molecular formula is C20H31N3O4. The standard InChI is InChI=1S/C20H31N3O4/c1-20(2,3)27-18(24)9-8-17(21)19(25)23-12-10-22(11-13-23)15-6-5-7-16(14-15)26-4/h5-7,14,17H,8-13,21H2,1-4H3/t17-/m0/s1. The molecule has 0 bridgehead atoms. The molecule has 1 atom stereocenters. The number of piperazine rings is 1. The SMILES string of the molecule is COc1cccc(N2CCN(C(=O)[C@@H](N)CCC(=O)OC(C)(C)C)CC2)c1. The van der Waals surface area contributed by atoms with Crippen molar-refractivity contribution in [2.45, 2.75) is 45.3 Å². The number of ether oxygens (including phenoxy) is 2. The number of anilines is 1. The van der Waals surface area contributed by atoms with Crippen LogP contribution in [0.1, 0.15) is 33.6 Å². The average Bonchev–Trinajstić information content (AvgIpc) is 2.64. The molecule has 1 aliphatic rings. The maximum absolute atomic E-state index is 12.5. The molecule has 2 rings (SSSR count). The number of benzene rings is 1. The third-order valence-corrected chi connectivity index (χ3v) is 4.41. The number of nitrogens with two attached hydrogens (primary N) is 1. The first-order valence-electron chi connectivity index (χ1n) is 9.35. The smallest absolute Gasteiger partial charge is 0.306 e. The van der Waals surface area contributed by atoms with Crippen molar-refractivity contribution in [2.24, 2.45) is 5.73 Å². The zero-order valence-corrected chi connectivity index (χ0v) is 16.7. The second-order valence-electron chi connectivity index (χ2n) is 7.75. The lowest BCUT2D eigenvalue weighted by Crippen LogP contribution is -2.53. The molecule has 0 unspecified atom stereocenters. The fraction of sp³-hybridized carbons (Fsp3) is 0.600. The Hall–Kier alpha value is -2.28. The number of carbonyl (C=O) groups excluding carboxylic acids is 2. The highest BCUT2D eigenvalue weighted by molar-refractivity contribution is 5.82. The van der Waals surface area contributed by atoms with Crippen LogP contribution in [0.25, 0.3) is 0 Å². The van der Waals surface area contributed by atoms with Gasteiger partial charge in [0.15, 0.2) is 0 Å². The summed E-state index contributed by atoms with van der Waals surface area (Å²) in [6.45, 7) is 8.13. The molecule has 150 valence electrons. The van der Waals surface area contributed by atoms with Crippen LogP contribution >= 0.6 is 0 Å². The Morgan fingerprint density at radius 2 is 1.85 bits per heavy atom. The summed E-state index contributed by atoms with van der Waals surface area (Å²) in [5.41, 5.74) is 6.57. The van der Waals surface area contributed by atoms with Gasteiger partial charge in [0.05, 0.1) is 13.2 Å². The third-order valence-electron chi connectivity index (χ3n) is 4.41. The molecule has 0 radical (unpaired) electrons. The molecule has 1 amide bonds. The lowest BCUT2D eigenvalue weighted by Gasteiger charge is -2.37. The molecule has 2 N–H and O–H groups in total. The van der Waals surface area contributed by atoms with Crippen molar-refractivity contribution >= 4 is 17.6 Å². The third kappa shape index (κ3) is 6.43. The predicted molar refractivity (Wildman–Crippen MR) is 105 cm³/mol. The minimum atomic E-state index is -0.680. The first-order valence-corrected chi connectivity index (χ1v) is 9.35. The fourth-order valence-electron chi connectivity index (χ4n) is 3.02. The maximum Gasteiger partial charge on any atom is 0.306 e. The summed E-state index contributed by atoms with van der Waals surface area (Å²) in [5.74, 6) is 0.382. The summed E-state index contributed by atoms with van der Waals surface area (Å²) in [7, 11) is 1.65. The van der Waals surface area contributed by atoms with Crippen molar-refractivity contribution in [1.29, 1.82) is 0 Å². The molecule has 27 heavy (non-hydrogen) atoms. The van der Waals surface area contributed by atoms with Crippen LogP contribution in [0.4, 0.5) is 5.69 Å². The first kappa shape index (κ1) is 21.0. The van der Waals surface area contributed by atoms with Gasteiger partial charge in [-0.2, -0.15) is 0 Å². The van der Waals surface area contributed by atoms with Crippen molar-refractivity contribution in [1.82, 2.24) is 4.90 Å². The number of nitrogens with zero attached hydrogens (tertiary/aromatic N) is 2. The number of hydrogen-bond acceptors (Lipinski definition) is 6. The van der Waals surface area contributed by atoms with E-state index in [4.69, 9.17) is 15.2 Å². The molecule has 1 saturated heterocycles. The molecule has 0 spiro atoms. The molecule has 1 fully saturated rings. The van der Waals surface area contributed by atoms with Gasteiger partial charge in [-0.25, -0.2) is 0 Å².